The Labute approximate surface area is 126 Å². The van der Waals surface area contributed by atoms with Gasteiger partial charge in [-0.25, -0.2) is 4.98 Å². The van der Waals surface area contributed by atoms with Crippen LogP contribution in [0.4, 0.5) is 0 Å². The van der Waals surface area contributed by atoms with E-state index in [1.54, 1.807) is 4.68 Å². The predicted molar refractivity (Wildman–Crippen MR) is 82.8 cm³/mol. The minimum absolute atomic E-state index is 0.145. The lowest BCUT2D eigenvalue weighted by atomic mass is 10.1. The number of H-pyrrole nitrogens is 1. The molecule has 0 aromatic carbocycles. The van der Waals surface area contributed by atoms with Crippen LogP contribution in [-0.4, -0.2) is 19.7 Å². The largest absolute Gasteiger partial charge is 0.305 e. The van der Waals surface area contributed by atoms with Crippen LogP contribution in [0.2, 0.25) is 0 Å². The molecular weight excluding hydrogens is 320 g/mol. The summed E-state index contributed by atoms with van der Waals surface area (Å²) >= 11 is 3.33. The molecule has 0 unspecified atom stereocenters. The van der Waals surface area contributed by atoms with Gasteiger partial charge in [-0.05, 0) is 42.1 Å². The molecule has 0 amide bonds. The van der Waals surface area contributed by atoms with Crippen molar-refractivity contribution in [2.75, 3.05) is 0 Å². The maximum Gasteiger partial charge on any atom is 0.265 e. The Bertz CT molecular complexity index is 700. The first-order chi connectivity index (χ1) is 9.31. The van der Waals surface area contributed by atoms with Crippen molar-refractivity contribution in [3.05, 3.63) is 31.9 Å². The van der Waals surface area contributed by atoms with Crippen molar-refractivity contribution < 1.29 is 0 Å². The monoisotopic (exact) mass is 338 g/mol. The summed E-state index contributed by atoms with van der Waals surface area (Å²) in [5.74, 6) is 1.03. The van der Waals surface area contributed by atoms with Crippen molar-refractivity contribution in [3.8, 4) is 11.4 Å². The van der Waals surface area contributed by atoms with Crippen molar-refractivity contribution >= 4 is 15.9 Å². The van der Waals surface area contributed by atoms with Crippen molar-refractivity contribution in [2.45, 2.75) is 34.1 Å². The molecule has 0 radical (unpaired) electrons. The highest BCUT2D eigenvalue weighted by molar-refractivity contribution is 9.10. The second kappa shape index (κ2) is 5.52. The van der Waals surface area contributed by atoms with Crippen LogP contribution in [0.15, 0.2) is 9.27 Å². The number of nitrogens with one attached hydrogen (secondary N) is 1. The van der Waals surface area contributed by atoms with E-state index in [2.05, 4.69) is 44.8 Å². The zero-order valence-corrected chi connectivity index (χ0v) is 14.0. The topological polar surface area (TPSA) is 63.6 Å². The Morgan fingerprint density at radius 3 is 2.50 bits per heavy atom. The fourth-order valence-corrected chi connectivity index (χ4v) is 2.61. The van der Waals surface area contributed by atoms with E-state index >= 15 is 0 Å². The van der Waals surface area contributed by atoms with Gasteiger partial charge in [0, 0.05) is 12.7 Å². The van der Waals surface area contributed by atoms with Crippen LogP contribution in [0.5, 0.6) is 0 Å². The van der Waals surface area contributed by atoms with E-state index in [1.807, 2.05) is 20.9 Å². The lowest BCUT2D eigenvalue weighted by Crippen LogP contribution is -2.15. The lowest BCUT2D eigenvalue weighted by Gasteiger charge is -2.09. The summed E-state index contributed by atoms with van der Waals surface area (Å²) in [6.45, 7) is 8.11. The minimum atomic E-state index is -0.145. The first-order valence-corrected chi connectivity index (χ1v) is 7.39. The SMILES string of the molecule is Cc1nn(C)c(C)c1-c1nc(CC(C)C)c(Br)c(=O)[nH]1. The van der Waals surface area contributed by atoms with Gasteiger partial charge in [0.1, 0.15) is 10.3 Å². The summed E-state index contributed by atoms with van der Waals surface area (Å²) in [6.07, 6.45) is 0.760. The molecule has 20 heavy (non-hydrogen) atoms. The molecule has 2 rings (SSSR count). The van der Waals surface area contributed by atoms with Gasteiger partial charge < -0.3 is 4.98 Å². The van der Waals surface area contributed by atoms with Crippen molar-refractivity contribution in [1.82, 2.24) is 19.7 Å². The Hall–Kier alpha value is -1.43. The fourth-order valence-electron chi connectivity index (χ4n) is 2.26. The zero-order chi connectivity index (χ0) is 15.0. The summed E-state index contributed by atoms with van der Waals surface area (Å²) < 4.78 is 2.32. The number of aryl methyl sites for hydroxylation is 2. The molecule has 2 aromatic heterocycles. The number of nitrogens with zero attached hydrogens (tertiary/aromatic N) is 3. The van der Waals surface area contributed by atoms with Crippen LogP contribution in [0.25, 0.3) is 11.4 Å². The molecule has 0 aliphatic carbocycles. The summed E-state index contributed by atoms with van der Waals surface area (Å²) in [5, 5.41) is 4.37. The average molecular weight is 339 g/mol. The maximum atomic E-state index is 12.1. The number of hydrogen-bond donors (Lipinski definition) is 1. The Morgan fingerprint density at radius 1 is 1.35 bits per heavy atom. The second-order valence-corrected chi connectivity index (χ2v) is 6.24. The molecule has 0 atom stereocenters. The van der Waals surface area contributed by atoms with Gasteiger partial charge in [-0.3, -0.25) is 9.48 Å². The molecule has 0 aliphatic heterocycles. The third-order valence-electron chi connectivity index (χ3n) is 3.28. The Balaban J connectivity index is 2.64. The number of halogens is 1. The highest BCUT2D eigenvalue weighted by atomic mass is 79.9. The molecule has 108 valence electrons. The second-order valence-electron chi connectivity index (χ2n) is 5.44. The van der Waals surface area contributed by atoms with Gasteiger partial charge in [-0.1, -0.05) is 13.8 Å². The molecule has 2 heterocycles. The van der Waals surface area contributed by atoms with E-state index in [0.717, 1.165) is 29.1 Å². The number of aromatic amines is 1. The molecule has 0 spiro atoms. The van der Waals surface area contributed by atoms with Crippen LogP contribution in [0.1, 0.15) is 30.9 Å². The molecule has 0 aliphatic rings. The number of hydrogen-bond acceptors (Lipinski definition) is 3. The molecule has 6 heteroatoms. The van der Waals surface area contributed by atoms with Gasteiger partial charge in [0.25, 0.3) is 5.56 Å². The third kappa shape index (κ3) is 2.70. The van der Waals surface area contributed by atoms with Gasteiger partial charge in [0.15, 0.2) is 0 Å². The van der Waals surface area contributed by atoms with Crippen LogP contribution in [0, 0.1) is 19.8 Å². The fraction of sp³-hybridized carbons (Fsp3) is 0.500. The van der Waals surface area contributed by atoms with Crippen LogP contribution >= 0.6 is 15.9 Å². The molecule has 0 saturated carbocycles. The van der Waals surface area contributed by atoms with Gasteiger partial charge in [0.2, 0.25) is 0 Å². The minimum Gasteiger partial charge on any atom is -0.305 e. The van der Waals surface area contributed by atoms with Gasteiger partial charge >= 0.3 is 0 Å². The predicted octanol–water partition coefficient (Wildman–Crippen LogP) is 2.75. The molecule has 0 bridgehead atoms. The smallest absolute Gasteiger partial charge is 0.265 e. The molecule has 5 nitrogen and oxygen atoms in total. The van der Waals surface area contributed by atoms with Gasteiger partial charge in [-0.2, -0.15) is 5.10 Å². The van der Waals surface area contributed by atoms with E-state index < -0.39 is 0 Å². The van der Waals surface area contributed by atoms with Crippen molar-refractivity contribution in [2.24, 2.45) is 13.0 Å². The van der Waals surface area contributed by atoms with Crippen LogP contribution in [-0.2, 0) is 13.5 Å². The first-order valence-electron chi connectivity index (χ1n) is 6.60. The van der Waals surface area contributed by atoms with E-state index in [9.17, 15) is 4.79 Å². The quantitative estimate of drug-likeness (QED) is 0.935. The Morgan fingerprint density at radius 2 is 2.00 bits per heavy atom. The number of aromatic nitrogens is 4. The standard InChI is InChI=1S/C14H19BrN4O/c1-7(2)6-10-12(15)14(20)17-13(16-10)11-8(3)18-19(5)9(11)4/h7H,6H2,1-5H3,(H,16,17,20). The van der Waals surface area contributed by atoms with E-state index in [1.165, 1.54) is 0 Å². The average Bonchev–Trinajstić information content (AvgIpc) is 2.58. The van der Waals surface area contributed by atoms with Gasteiger partial charge in [-0.15, -0.1) is 0 Å². The van der Waals surface area contributed by atoms with E-state index in [4.69, 9.17) is 0 Å². The molecule has 1 N–H and O–H groups in total. The van der Waals surface area contributed by atoms with E-state index in [0.29, 0.717) is 16.2 Å². The van der Waals surface area contributed by atoms with Crippen LogP contribution < -0.4 is 5.56 Å². The third-order valence-corrected chi connectivity index (χ3v) is 4.10. The Kier molecular flexibility index (Phi) is 4.13. The highest BCUT2D eigenvalue weighted by Gasteiger charge is 2.17. The highest BCUT2D eigenvalue weighted by Crippen LogP contribution is 2.24. The summed E-state index contributed by atoms with van der Waals surface area (Å²) in [4.78, 5) is 19.5. The van der Waals surface area contributed by atoms with Crippen molar-refractivity contribution in [3.63, 3.8) is 0 Å². The lowest BCUT2D eigenvalue weighted by molar-refractivity contribution is 0.631. The van der Waals surface area contributed by atoms with Crippen molar-refractivity contribution in [1.29, 1.82) is 0 Å². The van der Waals surface area contributed by atoms with E-state index in [-0.39, 0.29) is 5.56 Å². The molecule has 0 fully saturated rings. The normalized spacial score (nSPS) is 11.3. The maximum absolute atomic E-state index is 12.1. The zero-order valence-electron chi connectivity index (χ0n) is 12.4. The summed E-state index contributed by atoms with van der Waals surface area (Å²) in [6, 6.07) is 0. The summed E-state index contributed by atoms with van der Waals surface area (Å²) in [7, 11) is 1.89. The van der Waals surface area contributed by atoms with Gasteiger partial charge in [0.05, 0.1) is 17.0 Å². The van der Waals surface area contributed by atoms with Crippen LogP contribution in [0.3, 0.4) is 0 Å². The molecule has 0 saturated heterocycles. The molecule has 2 aromatic rings. The molecular formula is C14H19BrN4O. The number of rotatable bonds is 3. The first kappa shape index (κ1) is 15.0. The summed E-state index contributed by atoms with van der Waals surface area (Å²) in [5.41, 5.74) is 3.41.